The van der Waals surface area contributed by atoms with Crippen LogP contribution in [0.1, 0.15) is 30.1 Å². The molecule has 2 rings (SSSR count). The van der Waals surface area contributed by atoms with Crippen LogP contribution in [-0.4, -0.2) is 40.0 Å². The van der Waals surface area contributed by atoms with Crippen LogP contribution in [0, 0.1) is 0 Å². The number of anilines is 1. The molecule has 1 aromatic rings. The summed E-state index contributed by atoms with van der Waals surface area (Å²) in [7, 11) is 0. The van der Waals surface area contributed by atoms with E-state index in [-0.39, 0.29) is 5.56 Å². The van der Waals surface area contributed by atoms with Gasteiger partial charge in [0.05, 0.1) is 0 Å². The van der Waals surface area contributed by atoms with Crippen LogP contribution in [0.15, 0.2) is 24.3 Å². The van der Waals surface area contributed by atoms with Crippen molar-refractivity contribution in [1.29, 1.82) is 0 Å². The number of nitrogens with two attached hydrogens (primary N) is 1. The van der Waals surface area contributed by atoms with Crippen LogP contribution in [0.25, 0.3) is 0 Å². The average Bonchev–Trinajstić information content (AvgIpc) is 2.82. The highest BCUT2D eigenvalue weighted by Gasteiger charge is 2.46. The summed E-state index contributed by atoms with van der Waals surface area (Å²) in [6.45, 7) is 1.91. The van der Waals surface area contributed by atoms with Crippen molar-refractivity contribution in [1.82, 2.24) is 4.90 Å². The summed E-state index contributed by atoms with van der Waals surface area (Å²) in [5.41, 5.74) is 4.65. The Morgan fingerprint density at radius 1 is 1.38 bits per heavy atom. The zero-order valence-corrected chi connectivity index (χ0v) is 11.6. The standard InChI is InChI=1S/C14H17N3O4/c1-14(12(19)20)6-3-7-17(14)13(21)16-10-5-2-4-9(8-10)11(15)18/h2,4-5,8H,3,6-7H2,1H3,(H2,15,18)(H,16,21)(H,19,20). The number of primary amides is 1. The lowest BCUT2D eigenvalue weighted by Gasteiger charge is -2.31. The van der Waals surface area contributed by atoms with E-state index in [0.29, 0.717) is 25.1 Å². The lowest BCUT2D eigenvalue weighted by Crippen LogP contribution is -2.52. The first-order chi connectivity index (χ1) is 9.84. The molecule has 0 aliphatic carbocycles. The van der Waals surface area contributed by atoms with Crippen LogP contribution >= 0.6 is 0 Å². The van der Waals surface area contributed by atoms with Gasteiger partial charge in [-0.3, -0.25) is 4.79 Å². The van der Waals surface area contributed by atoms with E-state index >= 15 is 0 Å². The number of benzene rings is 1. The summed E-state index contributed by atoms with van der Waals surface area (Å²) in [6, 6.07) is 5.69. The number of carbonyl (C=O) groups is 3. The zero-order valence-electron chi connectivity index (χ0n) is 11.6. The maximum atomic E-state index is 12.3. The minimum atomic E-state index is -1.20. The van der Waals surface area contributed by atoms with Gasteiger partial charge in [-0.1, -0.05) is 6.07 Å². The molecule has 1 aromatic carbocycles. The number of carboxylic acid groups (broad SMARTS) is 1. The van der Waals surface area contributed by atoms with Gasteiger partial charge in [0.2, 0.25) is 5.91 Å². The molecule has 7 nitrogen and oxygen atoms in total. The van der Waals surface area contributed by atoms with Crippen molar-refractivity contribution in [3.63, 3.8) is 0 Å². The predicted molar refractivity (Wildman–Crippen MR) is 76.0 cm³/mol. The summed E-state index contributed by atoms with van der Waals surface area (Å²) in [6.07, 6.45) is 1.05. The summed E-state index contributed by atoms with van der Waals surface area (Å²) in [5.74, 6) is -1.62. The molecule has 21 heavy (non-hydrogen) atoms. The lowest BCUT2D eigenvalue weighted by molar-refractivity contribution is -0.146. The number of hydrogen-bond acceptors (Lipinski definition) is 3. The predicted octanol–water partition coefficient (Wildman–Crippen LogP) is 1.26. The molecule has 3 amide bonds. The Bertz CT molecular complexity index is 602. The zero-order chi connectivity index (χ0) is 15.6. The highest BCUT2D eigenvalue weighted by atomic mass is 16.4. The number of nitrogens with zero attached hydrogens (tertiary/aromatic N) is 1. The van der Waals surface area contributed by atoms with Gasteiger partial charge in [0.25, 0.3) is 0 Å². The second kappa shape index (κ2) is 5.43. The van der Waals surface area contributed by atoms with Crippen molar-refractivity contribution in [3.8, 4) is 0 Å². The highest BCUT2D eigenvalue weighted by molar-refractivity contribution is 5.97. The minimum absolute atomic E-state index is 0.273. The second-order valence-electron chi connectivity index (χ2n) is 5.21. The summed E-state index contributed by atoms with van der Waals surface area (Å²) in [5, 5.41) is 11.9. The molecule has 1 fully saturated rings. The molecule has 0 saturated carbocycles. The Morgan fingerprint density at radius 3 is 2.71 bits per heavy atom. The minimum Gasteiger partial charge on any atom is -0.480 e. The number of hydrogen-bond donors (Lipinski definition) is 3. The molecule has 0 spiro atoms. The Hall–Kier alpha value is -2.57. The fourth-order valence-electron chi connectivity index (χ4n) is 2.45. The first-order valence-electron chi connectivity index (χ1n) is 6.56. The summed E-state index contributed by atoms with van der Waals surface area (Å²) >= 11 is 0. The van der Waals surface area contributed by atoms with Gasteiger partial charge in [-0.2, -0.15) is 0 Å². The van der Waals surface area contributed by atoms with Gasteiger partial charge >= 0.3 is 12.0 Å². The fourth-order valence-corrected chi connectivity index (χ4v) is 2.45. The molecule has 1 aliphatic heterocycles. The molecule has 1 heterocycles. The lowest BCUT2D eigenvalue weighted by atomic mass is 10.00. The van der Waals surface area contributed by atoms with E-state index in [1.807, 2.05) is 0 Å². The third kappa shape index (κ3) is 2.81. The number of carboxylic acids is 1. The van der Waals surface area contributed by atoms with Gasteiger partial charge in [-0.25, -0.2) is 9.59 Å². The number of likely N-dealkylation sites (tertiary alicyclic amines) is 1. The number of amides is 3. The molecular weight excluding hydrogens is 274 g/mol. The first-order valence-corrected chi connectivity index (χ1v) is 6.56. The van der Waals surface area contributed by atoms with Gasteiger partial charge in [-0.05, 0) is 38.0 Å². The molecule has 0 aromatic heterocycles. The number of rotatable bonds is 3. The molecule has 1 saturated heterocycles. The van der Waals surface area contributed by atoms with E-state index in [9.17, 15) is 19.5 Å². The van der Waals surface area contributed by atoms with Crippen LogP contribution in [-0.2, 0) is 4.79 Å². The molecule has 1 atom stereocenters. The number of urea groups is 1. The Morgan fingerprint density at radius 2 is 2.10 bits per heavy atom. The van der Waals surface area contributed by atoms with E-state index in [1.165, 1.54) is 24.0 Å². The smallest absolute Gasteiger partial charge is 0.329 e. The Balaban J connectivity index is 2.16. The highest BCUT2D eigenvalue weighted by Crippen LogP contribution is 2.29. The maximum absolute atomic E-state index is 12.3. The SMILES string of the molecule is CC1(C(=O)O)CCCN1C(=O)Nc1cccc(C(N)=O)c1. The fraction of sp³-hybridized carbons (Fsp3) is 0.357. The van der Waals surface area contributed by atoms with Crippen LogP contribution in [0.2, 0.25) is 0 Å². The van der Waals surface area contributed by atoms with Crippen molar-refractivity contribution in [2.75, 3.05) is 11.9 Å². The monoisotopic (exact) mass is 291 g/mol. The molecule has 7 heteroatoms. The van der Waals surface area contributed by atoms with E-state index in [4.69, 9.17) is 5.73 Å². The summed E-state index contributed by atoms with van der Waals surface area (Å²) in [4.78, 5) is 36.0. The largest absolute Gasteiger partial charge is 0.480 e. The number of nitrogens with one attached hydrogen (secondary N) is 1. The van der Waals surface area contributed by atoms with Crippen LogP contribution in [0.3, 0.4) is 0 Å². The quantitative estimate of drug-likeness (QED) is 0.778. The van der Waals surface area contributed by atoms with Gasteiger partial charge in [-0.15, -0.1) is 0 Å². The van der Waals surface area contributed by atoms with Crippen molar-refractivity contribution < 1.29 is 19.5 Å². The van der Waals surface area contributed by atoms with Crippen LogP contribution in [0.4, 0.5) is 10.5 Å². The third-order valence-corrected chi connectivity index (χ3v) is 3.75. The Labute approximate surface area is 121 Å². The number of carbonyl (C=O) groups excluding carboxylic acids is 2. The molecule has 4 N–H and O–H groups in total. The normalized spacial score (nSPS) is 21.1. The average molecular weight is 291 g/mol. The number of aliphatic carboxylic acids is 1. The molecule has 1 aliphatic rings. The van der Waals surface area contributed by atoms with Crippen molar-refractivity contribution in [3.05, 3.63) is 29.8 Å². The topological polar surface area (TPSA) is 113 Å². The van der Waals surface area contributed by atoms with Gasteiger partial charge < -0.3 is 21.1 Å². The van der Waals surface area contributed by atoms with Crippen LogP contribution in [0.5, 0.6) is 0 Å². The molecular formula is C14H17N3O4. The second-order valence-corrected chi connectivity index (χ2v) is 5.21. The molecule has 112 valence electrons. The third-order valence-electron chi connectivity index (χ3n) is 3.75. The van der Waals surface area contributed by atoms with E-state index in [2.05, 4.69) is 5.32 Å². The van der Waals surface area contributed by atoms with E-state index < -0.39 is 23.4 Å². The van der Waals surface area contributed by atoms with Crippen molar-refractivity contribution >= 4 is 23.6 Å². The van der Waals surface area contributed by atoms with Gasteiger partial charge in [0.1, 0.15) is 5.54 Å². The van der Waals surface area contributed by atoms with Crippen molar-refractivity contribution in [2.45, 2.75) is 25.3 Å². The molecule has 1 unspecified atom stereocenters. The Kier molecular flexibility index (Phi) is 3.84. The van der Waals surface area contributed by atoms with Crippen molar-refractivity contribution in [2.24, 2.45) is 5.73 Å². The van der Waals surface area contributed by atoms with E-state index in [0.717, 1.165) is 0 Å². The van der Waals surface area contributed by atoms with Gasteiger partial charge in [0.15, 0.2) is 0 Å². The summed E-state index contributed by atoms with van der Waals surface area (Å²) < 4.78 is 0. The van der Waals surface area contributed by atoms with Gasteiger partial charge in [0, 0.05) is 17.8 Å². The first kappa shape index (κ1) is 14.8. The van der Waals surface area contributed by atoms with E-state index in [1.54, 1.807) is 12.1 Å². The molecule has 0 bridgehead atoms. The maximum Gasteiger partial charge on any atom is 0.329 e. The van der Waals surface area contributed by atoms with Crippen LogP contribution < -0.4 is 11.1 Å². The molecule has 0 radical (unpaired) electrons.